The molecule has 0 spiro atoms. The summed E-state index contributed by atoms with van der Waals surface area (Å²) in [6, 6.07) is 10.9. The molecule has 0 bridgehead atoms. The average molecular weight is 421 g/mol. The lowest BCUT2D eigenvalue weighted by Crippen LogP contribution is -2.39. The van der Waals surface area contributed by atoms with Crippen molar-refractivity contribution in [2.24, 2.45) is 0 Å². The summed E-state index contributed by atoms with van der Waals surface area (Å²) in [5, 5.41) is 7.42. The highest BCUT2D eigenvalue weighted by Crippen LogP contribution is 2.14. The molecule has 1 aromatic rings. The Balaban J connectivity index is 0.00000192. The Labute approximate surface area is 187 Å². The fraction of sp³-hybridized carbons (Fsp3) is 0.741. The van der Waals surface area contributed by atoms with Crippen LogP contribution in [0.2, 0.25) is 0 Å². The molecule has 30 heavy (non-hydrogen) atoms. The van der Waals surface area contributed by atoms with Crippen molar-refractivity contribution in [3.63, 3.8) is 0 Å². The molecule has 0 aliphatic rings. The van der Waals surface area contributed by atoms with Crippen LogP contribution >= 0.6 is 0 Å². The molecule has 0 fully saturated rings. The number of benzene rings is 1. The monoisotopic (exact) mass is 420 g/mol. The third kappa shape index (κ3) is 21.4. The third-order valence-corrected chi connectivity index (χ3v) is 5.57. The molecule has 0 radical (unpaired) electrons. The predicted molar refractivity (Wildman–Crippen MR) is 131 cm³/mol. The van der Waals surface area contributed by atoms with E-state index in [2.05, 4.69) is 51.4 Å². The van der Waals surface area contributed by atoms with Crippen LogP contribution in [-0.2, 0) is 11.3 Å². The minimum Gasteiger partial charge on any atom is -0.481 e. The molecule has 0 heterocycles. The summed E-state index contributed by atoms with van der Waals surface area (Å²) in [5.74, 6) is -0.833. The summed E-state index contributed by atoms with van der Waals surface area (Å²) in [5.41, 5.74) is 1.46. The molecule has 0 saturated heterocycles. The van der Waals surface area contributed by atoms with Crippen molar-refractivity contribution in [3.05, 3.63) is 35.9 Å². The van der Waals surface area contributed by atoms with Gasteiger partial charge in [-0.05, 0) is 12.8 Å². The zero-order chi connectivity index (χ0) is 22.5. The van der Waals surface area contributed by atoms with Crippen molar-refractivity contribution in [2.75, 3.05) is 20.6 Å². The van der Waals surface area contributed by atoms with E-state index in [0.717, 1.165) is 18.0 Å². The lowest BCUT2D eigenvalue weighted by molar-refractivity contribution is -0.903. The van der Waals surface area contributed by atoms with E-state index >= 15 is 0 Å². The van der Waals surface area contributed by atoms with Gasteiger partial charge in [0.25, 0.3) is 5.97 Å². The van der Waals surface area contributed by atoms with E-state index in [1.54, 1.807) is 0 Å². The second-order valence-corrected chi connectivity index (χ2v) is 9.42. The van der Waals surface area contributed by atoms with Gasteiger partial charge in [-0.3, -0.25) is 4.79 Å². The fourth-order valence-corrected chi connectivity index (χ4v) is 3.89. The minimum absolute atomic E-state index is 0.833. The van der Waals surface area contributed by atoms with Crippen LogP contribution in [0.3, 0.4) is 0 Å². The maximum atomic E-state index is 9.00. The van der Waals surface area contributed by atoms with Crippen molar-refractivity contribution >= 4 is 5.97 Å². The van der Waals surface area contributed by atoms with Gasteiger partial charge in [0.2, 0.25) is 0 Å². The highest BCUT2D eigenvalue weighted by molar-refractivity contribution is 5.62. The van der Waals surface area contributed by atoms with E-state index in [0.29, 0.717) is 0 Å². The van der Waals surface area contributed by atoms with Gasteiger partial charge in [0.05, 0.1) is 20.6 Å². The predicted octanol–water partition coefficient (Wildman–Crippen LogP) is 7.84. The van der Waals surface area contributed by atoms with Gasteiger partial charge in [0, 0.05) is 12.5 Å². The van der Waals surface area contributed by atoms with Crippen molar-refractivity contribution in [2.45, 2.75) is 110 Å². The number of carboxylic acids is 1. The molecule has 0 amide bonds. The number of unbranched alkanes of at least 4 members (excludes halogenated alkanes) is 13. The summed E-state index contributed by atoms with van der Waals surface area (Å²) in [7, 11) is 4.74. The number of rotatable bonds is 17. The molecule has 0 aromatic heterocycles. The minimum atomic E-state index is -0.833. The van der Waals surface area contributed by atoms with E-state index < -0.39 is 5.97 Å². The Bertz CT molecular complexity index is 495. The topological polar surface area (TPSA) is 37.3 Å². The Morgan fingerprint density at radius 2 is 1.10 bits per heavy atom. The van der Waals surface area contributed by atoms with Crippen LogP contribution < -0.4 is 0 Å². The summed E-state index contributed by atoms with van der Waals surface area (Å²) in [4.78, 5) is 9.00. The van der Waals surface area contributed by atoms with Gasteiger partial charge in [-0.25, -0.2) is 0 Å². The van der Waals surface area contributed by atoms with E-state index in [9.17, 15) is 0 Å². The lowest BCUT2D eigenvalue weighted by Gasteiger charge is -2.30. The van der Waals surface area contributed by atoms with E-state index in [4.69, 9.17) is 9.90 Å². The van der Waals surface area contributed by atoms with E-state index in [1.807, 2.05) is 0 Å². The standard InChI is InChI=1S/C25H46N.C2H4O2/c1-4-5-6-7-8-9-10-11-12-13-14-15-16-20-23-26(2,3)24-25-21-18-17-19-22-25;1-2(3)4/h17-19,21-22H,4-16,20,23-24H2,1-3H3;1H3,(H,3,4)/q+1;. The normalized spacial score (nSPS) is 11.1. The second-order valence-electron chi connectivity index (χ2n) is 9.42. The third-order valence-electron chi connectivity index (χ3n) is 5.57. The Hall–Kier alpha value is -1.35. The highest BCUT2D eigenvalue weighted by atomic mass is 16.4. The first-order valence-electron chi connectivity index (χ1n) is 12.4. The molecule has 1 N–H and O–H groups in total. The summed E-state index contributed by atoms with van der Waals surface area (Å²) >= 11 is 0. The average Bonchev–Trinajstić information content (AvgIpc) is 2.68. The first-order valence-corrected chi connectivity index (χ1v) is 12.4. The number of aliphatic carboxylic acids is 1. The van der Waals surface area contributed by atoms with Gasteiger partial charge in [0.15, 0.2) is 0 Å². The number of nitrogens with zero attached hydrogens (tertiary/aromatic N) is 1. The summed E-state index contributed by atoms with van der Waals surface area (Å²) in [6.45, 7) is 5.83. The Morgan fingerprint density at radius 3 is 1.50 bits per heavy atom. The molecule has 0 atom stereocenters. The van der Waals surface area contributed by atoms with E-state index in [-0.39, 0.29) is 0 Å². The Kier molecular flexibility index (Phi) is 18.7. The molecule has 174 valence electrons. The number of quaternary nitrogens is 1. The van der Waals surface area contributed by atoms with Crippen molar-refractivity contribution < 1.29 is 14.4 Å². The lowest BCUT2D eigenvalue weighted by atomic mass is 10.0. The largest absolute Gasteiger partial charge is 0.481 e. The molecule has 3 heteroatoms. The van der Waals surface area contributed by atoms with Gasteiger partial charge in [-0.2, -0.15) is 0 Å². The first kappa shape index (κ1) is 28.6. The summed E-state index contributed by atoms with van der Waals surface area (Å²) in [6.07, 6.45) is 20.2. The molecule has 0 aliphatic heterocycles. The number of hydrogen-bond donors (Lipinski definition) is 1. The molecule has 1 aromatic carbocycles. The van der Waals surface area contributed by atoms with Crippen molar-refractivity contribution in [1.82, 2.24) is 0 Å². The number of carbonyl (C=O) groups is 1. The summed E-state index contributed by atoms with van der Waals surface area (Å²) < 4.78 is 1.11. The molecule has 0 aliphatic carbocycles. The Morgan fingerprint density at radius 1 is 0.733 bits per heavy atom. The van der Waals surface area contributed by atoms with E-state index in [1.165, 1.54) is 102 Å². The zero-order valence-corrected chi connectivity index (χ0v) is 20.5. The fourth-order valence-electron chi connectivity index (χ4n) is 3.89. The maximum Gasteiger partial charge on any atom is 0.300 e. The van der Waals surface area contributed by atoms with Crippen LogP contribution in [0.5, 0.6) is 0 Å². The quantitative estimate of drug-likeness (QED) is 0.206. The van der Waals surface area contributed by atoms with Crippen molar-refractivity contribution in [1.29, 1.82) is 0 Å². The van der Waals surface area contributed by atoms with Crippen LogP contribution in [0.15, 0.2) is 30.3 Å². The van der Waals surface area contributed by atoms with Gasteiger partial charge < -0.3 is 9.59 Å². The zero-order valence-electron chi connectivity index (χ0n) is 20.5. The smallest absolute Gasteiger partial charge is 0.300 e. The van der Waals surface area contributed by atoms with Crippen molar-refractivity contribution in [3.8, 4) is 0 Å². The van der Waals surface area contributed by atoms with Crippen LogP contribution in [-0.4, -0.2) is 36.2 Å². The van der Waals surface area contributed by atoms with Crippen LogP contribution in [0.4, 0.5) is 0 Å². The van der Waals surface area contributed by atoms with Gasteiger partial charge in [0.1, 0.15) is 6.54 Å². The molecule has 0 unspecified atom stereocenters. The maximum absolute atomic E-state index is 9.00. The molecule has 1 rings (SSSR count). The molecule has 3 nitrogen and oxygen atoms in total. The highest BCUT2D eigenvalue weighted by Gasteiger charge is 2.14. The first-order chi connectivity index (χ1) is 14.4. The van der Waals surface area contributed by atoms with Crippen LogP contribution in [0.1, 0.15) is 109 Å². The van der Waals surface area contributed by atoms with Crippen LogP contribution in [0, 0.1) is 0 Å². The SMILES string of the molecule is CC(=O)O.CCCCCCCCCCCCCCCC[N+](C)(C)Cc1ccccc1. The molecular formula is C27H50NO2+. The van der Waals surface area contributed by atoms with Gasteiger partial charge in [-0.1, -0.05) is 114 Å². The number of hydrogen-bond acceptors (Lipinski definition) is 1. The van der Waals surface area contributed by atoms with Crippen LogP contribution in [0.25, 0.3) is 0 Å². The van der Waals surface area contributed by atoms with Gasteiger partial charge in [-0.15, -0.1) is 0 Å². The molecule has 0 saturated carbocycles. The second kappa shape index (κ2) is 19.6. The number of carboxylic acid groups (broad SMARTS) is 1. The molecular weight excluding hydrogens is 370 g/mol. The van der Waals surface area contributed by atoms with Gasteiger partial charge >= 0.3 is 0 Å².